The van der Waals surface area contributed by atoms with E-state index >= 15 is 0 Å². The maximum atomic E-state index is 12.5. The molecule has 1 heterocycles. The van der Waals surface area contributed by atoms with Gasteiger partial charge in [0.1, 0.15) is 5.82 Å². The second-order valence-corrected chi connectivity index (χ2v) is 5.76. The quantitative estimate of drug-likeness (QED) is 0.910. The molecule has 1 aromatic heterocycles. The molecule has 1 aromatic carbocycles. The Hall–Kier alpha value is -2.21. The van der Waals surface area contributed by atoms with Gasteiger partial charge in [-0.3, -0.25) is 4.79 Å². The van der Waals surface area contributed by atoms with Crippen LogP contribution in [-0.2, 0) is 0 Å². The van der Waals surface area contributed by atoms with Crippen molar-refractivity contribution in [3.05, 3.63) is 42.0 Å². The van der Waals surface area contributed by atoms with Gasteiger partial charge in [0.2, 0.25) is 5.82 Å². The van der Waals surface area contributed by atoms with Crippen molar-refractivity contribution >= 4 is 5.91 Å². The predicted octanol–water partition coefficient (Wildman–Crippen LogP) is 1.60. The Morgan fingerprint density at radius 1 is 1.41 bits per heavy atom. The lowest BCUT2D eigenvalue weighted by Crippen LogP contribution is -2.37. The molecule has 6 heteroatoms. The van der Waals surface area contributed by atoms with E-state index in [9.17, 15) is 9.90 Å². The summed E-state index contributed by atoms with van der Waals surface area (Å²) in [5.41, 5.74) is 0.911. The molecule has 1 saturated carbocycles. The van der Waals surface area contributed by atoms with Crippen LogP contribution in [0.25, 0.3) is 5.69 Å². The van der Waals surface area contributed by atoms with Crippen LogP contribution in [0.5, 0.6) is 0 Å². The molecule has 0 spiro atoms. The number of benzene rings is 1. The standard InChI is InChI=1S/C16H20N4O2/c1-11(10-21)19(2)16(22)14-17-15(12-8-9-12)20(18-14)13-6-4-3-5-7-13/h3-7,11-12,21H,8-10H2,1-2H3. The van der Waals surface area contributed by atoms with Crippen molar-refractivity contribution in [3.8, 4) is 5.69 Å². The second-order valence-electron chi connectivity index (χ2n) is 5.76. The van der Waals surface area contributed by atoms with Gasteiger partial charge in [0.15, 0.2) is 0 Å². The molecule has 0 saturated heterocycles. The molecule has 0 aliphatic heterocycles. The number of para-hydroxylation sites is 1. The molecule has 1 fully saturated rings. The molecular formula is C16H20N4O2. The summed E-state index contributed by atoms with van der Waals surface area (Å²) in [5.74, 6) is 1.15. The van der Waals surface area contributed by atoms with Crippen LogP contribution >= 0.6 is 0 Å². The van der Waals surface area contributed by atoms with Crippen LogP contribution in [0.2, 0.25) is 0 Å². The molecular weight excluding hydrogens is 280 g/mol. The number of hydrogen-bond acceptors (Lipinski definition) is 4. The number of amides is 1. The third kappa shape index (κ3) is 2.74. The van der Waals surface area contributed by atoms with E-state index in [4.69, 9.17) is 0 Å². The number of rotatable bonds is 5. The van der Waals surface area contributed by atoms with Crippen molar-refractivity contribution in [2.75, 3.05) is 13.7 Å². The number of hydrogen-bond donors (Lipinski definition) is 1. The van der Waals surface area contributed by atoms with Gasteiger partial charge < -0.3 is 10.0 Å². The smallest absolute Gasteiger partial charge is 0.293 e. The Kier molecular flexibility index (Phi) is 3.94. The lowest BCUT2D eigenvalue weighted by molar-refractivity contribution is 0.0670. The third-order valence-electron chi connectivity index (χ3n) is 4.01. The summed E-state index contributed by atoms with van der Waals surface area (Å²) in [4.78, 5) is 18.4. The first-order chi connectivity index (χ1) is 10.6. The van der Waals surface area contributed by atoms with E-state index in [0.29, 0.717) is 5.92 Å². The first kappa shape index (κ1) is 14.7. The zero-order chi connectivity index (χ0) is 15.7. The fourth-order valence-electron chi connectivity index (χ4n) is 2.26. The highest BCUT2D eigenvalue weighted by atomic mass is 16.3. The fraction of sp³-hybridized carbons (Fsp3) is 0.438. The molecule has 1 atom stereocenters. The van der Waals surface area contributed by atoms with Crippen LogP contribution in [0, 0.1) is 0 Å². The van der Waals surface area contributed by atoms with Gasteiger partial charge in [-0.25, -0.2) is 9.67 Å². The summed E-state index contributed by atoms with van der Waals surface area (Å²) in [7, 11) is 1.66. The van der Waals surface area contributed by atoms with E-state index in [0.717, 1.165) is 24.4 Å². The monoisotopic (exact) mass is 300 g/mol. The van der Waals surface area contributed by atoms with Crippen molar-refractivity contribution in [1.82, 2.24) is 19.7 Å². The Labute approximate surface area is 129 Å². The van der Waals surface area contributed by atoms with Crippen molar-refractivity contribution in [3.63, 3.8) is 0 Å². The van der Waals surface area contributed by atoms with E-state index < -0.39 is 0 Å². The van der Waals surface area contributed by atoms with Gasteiger partial charge in [0, 0.05) is 13.0 Å². The Morgan fingerprint density at radius 3 is 2.68 bits per heavy atom. The number of carbonyl (C=O) groups is 1. The molecule has 6 nitrogen and oxygen atoms in total. The number of aromatic nitrogens is 3. The molecule has 0 bridgehead atoms. The third-order valence-corrected chi connectivity index (χ3v) is 4.01. The van der Waals surface area contributed by atoms with Gasteiger partial charge in [0.25, 0.3) is 5.91 Å². The molecule has 1 N–H and O–H groups in total. The highest BCUT2D eigenvalue weighted by Gasteiger charge is 2.32. The summed E-state index contributed by atoms with van der Waals surface area (Å²) >= 11 is 0. The SMILES string of the molecule is CC(CO)N(C)C(=O)c1nc(C2CC2)n(-c2ccccc2)n1. The van der Waals surface area contributed by atoms with Gasteiger partial charge in [-0.2, -0.15) is 0 Å². The molecule has 116 valence electrons. The van der Waals surface area contributed by atoms with Crippen molar-refractivity contribution in [2.45, 2.75) is 31.7 Å². The van der Waals surface area contributed by atoms with Gasteiger partial charge >= 0.3 is 0 Å². The van der Waals surface area contributed by atoms with Crippen LogP contribution < -0.4 is 0 Å². The summed E-state index contributed by atoms with van der Waals surface area (Å²) in [5, 5.41) is 13.6. The number of nitrogens with zero attached hydrogens (tertiary/aromatic N) is 4. The summed E-state index contributed by atoms with van der Waals surface area (Å²) in [6.07, 6.45) is 2.17. The van der Waals surface area contributed by atoms with Crippen molar-refractivity contribution in [1.29, 1.82) is 0 Å². The van der Waals surface area contributed by atoms with E-state index in [1.807, 2.05) is 30.3 Å². The Morgan fingerprint density at radius 2 is 2.09 bits per heavy atom. The maximum absolute atomic E-state index is 12.5. The van der Waals surface area contributed by atoms with Gasteiger partial charge in [-0.05, 0) is 31.9 Å². The first-order valence-electron chi connectivity index (χ1n) is 7.52. The van der Waals surface area contributed by atoms with E-state index in [1.54, 1.807) is 18.7 Å². The molecule has 1 aliphatic carbocycles. The van der Waals surface area contributed by atoms with Crippen molar-refractivity contribution in [2.24, 2.45) is 0 Å². The van der Waals surface area contributed by atoms with Crippen molar-refractivity contribution < 1.29 is 9.90 Å². The van der Waals surface area contributed by atoms with E-state index in [-0.39, 0.29) is 24.4 Å². The second kappa shape index (κ2) is 5.88. The normalized spacial score (nSPS) is 15.6. The first-order valence-corrected chi connectivity index (χ1v) is 7.52. The number of likely N-dealkylation sites (N-methyl/N-ethyl adjacent to an activating group) is 1. The Bertz CT molecular complexity index is 664. The van der Waals surface area contributed by atoms with E-state index in [1.165, 1.54) is 4.90 Å². The van der Waals surface area contributed by atoms with Crippen LogP contribution in [0.4, 0.5) is 0 Å². The molecule has 3 rings (SSSR count). The summed E-state index contributed by atoms with van der Waals surface area (Å²) in [6.45, 7) is 1.70. The van der Waals surface area contributed by atoms with E-state index in [2.05, 4.69) is 10.1 Å². The van der Waals surface area contributed by atoms with Gasteiger partial charge in [-0.1, -0.05) is 18.2 Å². The minimum atomic E-state index is -0.266. The minimum Gasteiger partial charge on any atom is -0.394 e. The van der Waals surface area contributed by atoms with Crippen LogP contribution in [0.1, 0.15) is 42.1 Å². The zero-order valence-electron chi connectivity index (χ0n) is 12.8. The van der Waals surface area contributed by atoms with Crippen LogP contribution in [0.3, 0.4) is 0 Å². The largest absolute Gasteiger partial charge is 0.394 e. The lowest BCUT2D eigenvalue weighted by atomic mass is 10.3. The summed E-state index contributed by atoms with van der Waals surface area (Å²) in [6, 6.07) is 9.47. The average molecular weight is 300 g/mol. The number of aliphatic hydroxyl groups is 1. The predicted molar refractivity (Wildman–Crippen MR) is 82.0 cm³/mol. The molecule has 0 radical (unpaired) electrons. The maximum Gasteiger partial charge on any atom is 0.293 e. The highest BCUT2D eigenvalue weighted by molar-refractivity contribution is 5.90. The molecule has 22 heavy (non-hydrogen) atoms. The highest BCUT2D eigenvalue weighted by Crippen LogP contribution is 2.39. The molecule has 1 aliphatic rings. The Balaban J connectivity index is 1.95. The lowest BCUT2D eigenvalue weighted by Gasteiger charge is -2.21. The molecule has 1 unspecified atom stereocenters. The number of carbonyl (C=O) groups excluding carboxylic acids is 1. The minimum absolute atomic E-state index is 0.0862. The van der Waals surface area contributed by atoms with Crippen LogP contribution in [-0.4, -0.2) is 50.4 Å². The molecule has 2 aromatic rings. The average Bonchev–Trinajstić information content (AvgIpc) is 3.32. The fourth-order valence-corrected chi connectivity index (χ4v) is 2.26. The number of aliphatic hydroxyl groups excluding tert-OH is 1. The van der Waals surface area contributed by atoms with Crippen LogP contribution in [0.15, 0.2) is 30.3 Å². The molecule has 1 amide bonds. The zero-order valence-corrected chi connectivity index (χ0v) is 12.8. The van der Waals surface area contributed by atoms with Gasteiger partial charge in [-0.15, -0.1) is 5.10 Å². The van der Waals surface area contributed by atoms with Gasteiger partial charge in [0.05, 0.1) is 18.3 Å². The topological polar surface area (TPSA) is 71.2 Å². The summed E-state index contributed by atoms with van der Waals surface area (Å²) < 4.78 is 1.77.